The molecule has 29 heavy (non-hydrogen) atoms. The average molecular weight is 425 g/mol. The van der Waals surface area contributed by atoms with Crippen molar-refractivity contribution in [1.82, 2.24) is 9.80 Å². The molecule has 0 spiro atoms. The van der Waals surface area contributed by atoms with Gasteiger partial charge in [0.1, 0.15) is 0 Å². The van der Waals surface area contributed by atoms with Crippen LogP contribution < -0.4 is 26.6 Å². The number of halogens is 1. The molecule has 2 atom stereocenters. The maximum atomic E-state index is 13.5. The molecule has 0 radical (unpaired) electrons. The standard InChI is InChI=1S/C22H32N2O4.ClH/c1-6-7-10-24(18-13-16-8-9-17(14-18)23(16)2)22(25)15-11-19(26-3)21(28-5)20(12-15)27-4;/h11-13,16-17H,6-10,14H2,1-5H3;1H. The third-order valence-electron chi connectivity index (χ3n) is 5.96. The fraction of sp³-hybridized carbons (Fsp3) is 0.591. The number of nitrogens with zero attached hydrogens (tertiary/aromatic N) is 2. The lowest BCUT2D eigenvalue weighted by molar-refractivity contribution is -0.0000168. The predicted molar refractivity (Wildman–Crippen MR) is 110 cm³/mol. The number of hydrogen-bond donors (Lipinski definition) is 0. The first kappa shape index (κ1) is 23.4. The Bertz CT molecular complexity index is 734. The van der Waals surface area contributed by atoms with E-state index in [-0.39, 0.29) is 19.7 Å². The van der Waals surface area contributed by atoms with E-state index >= 15 is 0 Å². The Hall–Kier alpha value is -1.92. The highest BCUT2D eigenvalue weighted by Gasteiger charge is 2.36. The number of carbonyl (C=O) groups excluding carboxylic acids is 1. The molecule has 2 aliphatic heterocycles. The lowest BCUT2D eigenvalue weighted by atomic mass is 10.0. The van der Waals surface area contributed by atoms with E-state index in [2.05, 4.69) is 24.9 Å². The number of hydrogen-bond acceptors (Lipinski definition) is 5. The molecule has 3 rings (SSSR count). The average Bonchev–Trinajstić information content (AvgIpc) is 2.93. The summed E-state index contributed by atoms with van der Waals surface area (Å²) >= 11 is 0. The van der Waals surface area contributed by atoms with Gasteiger partial charge < -0.3 is 31.5 Å². The molecule has 0 N–H and O–H groups in total. The Kier molecular flexibility index (Phi) is 8.23. The first-order valence-electron chi connectivity index (χ1n) is 10.1. The van der Waals surface area contributed by atoms with E-state index in [1.165, 1.54) is 12.8 Å². The highest BCUT2D eigenvalue weighted by molar-refractivity contribution is 5.96. The Morgan fingerprint density at radius 1 is 1.17 bits per heavy atom. The number of carbonyl (C=O) groups is 1. The second-order valence-electron chi connectivity index (χ2n) is 7.55. The summed E-state index contributed by atoms with van der Waals surface area (Å²) in [5.41, 5.74) is 1.70. The lowest BCUT2D eigenvalue weighted by Gasteiger charge is -2.35. The van der Waals surface area contributed by atoms with Crippen molar-refractivity contribution < 1.29 is 32.8 Å². The minimum Gasteiger partial charge on any atom is -1.00 e. The zero-order valence-electron chi connectivity index (χ0n) is 19.0. The van der Waals surface area contributed by atoms with E-state index in [4.69, 9.17) is 14.2 Å². The maximum Gasteiger partial charge on any atom is 1.00 e. The molecular formula is C22H33ClN2O4. The summed E-state index contributed by atoms with van der Waals surface area (Å²) in [6, 6.07) is 4.45. The van der Waals surface area contributed by atoms with Crippen molar-refractivity contribution in [2.45, 2.75) is 51.1 Å². The fourth-order valence-electron chi connectivity index (χ4n) is 4.27. The summed E-state index contributed by atoms with van der Waals surface area (Å²) in [4.78, 5) is 17.9. The zero-order valence-corrected chi connectivity index (χ0v) is 18.8. The highest BCUT2D eigenvalue weighted by Crippen LogP contribution is 2.40. The van der Waals surface area contributed by atoms with Crippen LogP contribution in [0.3, 0.4) is 0 Å². The molecule has 6 nitrogen and oxygen atoms in total. The minimum absolute atomic E-state index is 0. The number of fused-ring (bicyclic) bond motifs is 2. The summed E-state index contributed by atoms with van der Waals surface area (Å²) < 4.78 is 16.3. The van der Waals surface area contributed by atoms with Gasteiger partial charge in [0.05, 0.1) is 21.3 Å². The topological polar surface area (TPSA) is 51.2 Å². The number of methoxy groups -OCH3 is 3. The van der Waals surface area contributed by atoms with Gasteiger partial charge in [0.15, 0.2) is 11.5 Å². The van der Waals surface area contributed by atoms with Crippen LogP contribution in [-0.4, -0.2) is 62.7 Å². The fourth-order valence-corrected chi connectivity index (χ4v) is 4.27. The Morgan fingerprint density at radius 3 is 2.34 bits per heavy atom. The van der Waals surface area contributed by atoms with Crippen molar-refractivity contribution >= 4 is 5.91 Å². The molecule has 162 valence electrons. The van der Waals surface area contributed by atoms with Crippen LogP contribution in [0.4, 0.5) is 0 Å². The number of rotatable bonds is 8. The summed E-state index contributed by atoms with van der Waals surface area (Å²) in [6.07, 6.45) is 7.59. The second kappa shape index (κ2) is 10.2. The minimum atomic E-state index is -0.0112. The van der Waals surface area contributed by atoms with Gasteiger partial charge in [-0.05, 0) is 44.5 Å². The van der Waals surface area contributed by atoms with E-state index in [1.807, 2.05) is 4.90 Å². The number of amides is 1. The largest absolute Gasteiger partial charge is 1.00 e. The molecule has 1 saturated heterocycles. The molecule has 1 amide bonds. The molecule has 2 heterocycles. The molecular weight excluding hydrogens is 392 g/mol. The molecule has 1 aromatic rings. The van der Waals surface area contributed by atoms with Crippen LogP contribution in [-0.2, 0) is 0 Å². The van der Waals surface area contributed by atoms with Crippen LogP contribution in [0.2, 0.25) is 0 Å². The highest BCUT2D eigenvalue weighted by atomic mass is 35.5. The molecule has 2 unspecified atom stereocenters. The van der Waals surface area contributed by atoms with Gasteiger partial charge in [-0.15, -0.1) is 0 Å². The summed E-state index contributed by atoms with van der Waals surface area (Å²) in [5.74, 6) is 1.48. The maximum absolute atomic E-state index is 13.5. The van der Waals surface area contributed by atoms with Gasteiger partial charge in [-0.3, -0.25) is 9.69 Å². The molecule has 0 aromatic heterocycles. The van der Waals surface area contributed by atoms with Crippen LogP contribution in [0.25, 0.3) is 0 Å². The number of ether oxygens (including phenoxy) is 3. The summed E-state index contributed by atoms with van der Waals surface area (Å²) in [7, 11) is 6.89. The van der Waals surface area contributed by atoms with Gasteiger partial charge in [-0.1, -0.05) is 13.3 Å². The van der Waals surface area contributed by atoms with Crippen molar-refractivity contribution in [1.29, 1.82) is 0 Å². The third kappa shape index (κ3) is 4.64. The van der Waals surface area contributed by atoms with Crippen molar-refractivity contribution in [2.24, 2.45) is 0 Å². The van der Waals surface area contributed by atoms with Crippen LogP contribution in [0.1, 0.15) is 50.8 Å². The van der Waals surface area contributed by atoms with Gasteiger partial charge in [-0.2, -0.15) is 0 Å². The SMILES string of the molecule is CCCCN(C(=O)c1cc(OC)c(OC)c(OC)c1)C1=CC2CCC(C1)N2C.[Cl-].[H+]. The third-order valence-corrected chi connectivity index (χ3v) is 5.96. The molecule has 0 aliphatic carbocycles. The van der Waals surface area contributed by atoms with Crippen LogP contribution in [0.15, 0.2) is 23.9 Å². The van der Waals surface area contributed by atoms with Crippen molar-refractivity contribution in [3.05, 3.63) is 29.5 Å². The van der Waals surface area contributed by atoms with Gasteiger partial charge in [0, 0.05) is 36.3 Å². The lowest BCUT2D eigenvalue weighted by Crippen LogP contribution is -3.00. The Morgan fingerprint density at radius 2 is 1.83 bits per heavy atom. The summed E-state index contributed by atoms with van der Waals surface area (Å²) in [5, 5.41) is 0. The first-order chi connectivity index (χ1) is 13.5. The molecule has 1 aromatic carbocycles. The quantitative estimate of drug-likeness (QED) is 0.618. The van der Waals surface area contributed by atoms with Gasteiger partial charge in [-0.25, -0.2) is 0 Å². The second-order valence-corrected chi connectivity index (χ2v) is 7.55. The monoisotopic (exact) mass is 424 g/mol. The van der Waals surface area contributed by atoms with E-state index in [1.54, 1.807) is 33.5 Å². The molecule has 0 saturated carbocycles. The zero-order chi connectivity index (χ0) is 20.3. The van der Waals surface area contributed by atoms with Crippen LogP contribution in [0.5, 0.6) is 17.2 Å². The van der Waals surface area contributed by atoms with Gasteiger partial charge >= 0.3 is 1.43 Å². The Balaban J connectivity index is 0.00000225. The van der Waals surface area contributed by atoms with Crippen molar-refractivity contribution in [3.63, 3.8) is 0 Å². The number of benzene rings is 1. The normalized spacial score (nSPS) is 20.5. The smallest absolute Gasteiger partial charge is 1.00 e. The van der Waals surface area contributed by atoms with E-state index < -0.39 is 0 Å². The molecule has 1 fully saturated rings. The van der Waals surface area contributed by atoms with Gasteiger partial charge in [0.2, 0.25) is 5.75 Å². The molecule has 2 bridgehead atoms. The van der Waals surface area contributed by atoms with Crippen molar-refractivity contribution in [2.75, 3.05) is 34.9 Å². The van der Waals surface area contributed by atoms with Gasteiger partial charge in [0.25, 0.3) is 5.91 Å². The molecule has 2 aliphatic rings. The van der Waals surface area contributed by atoms with Crippen LogP contribution in [0, 0.1) is 0 Å². The van der Waals surface area contributed by atoms with Crippen molar-refractivity contribution in [3.8, 4) is 17.2 Å². The predicted octanol–water partition coefficient (Wildman–Crippen LogP) is 0.822. The van der Waals surface area contributed by atoms with E-state index in [0.717, 1.165) is 31.5 Å². The van der Waals surface area contributed by atoms with E-state index in [0.29, 0.717) is 34.9 Å². The number of unbranched alkanes of at least 4 members (excludes halogenated alkanes) is 1. The first-order valence-corrected chi connectivity index (χ1v) is 10.1. The van der Waals surface area contributed by atoms with Crippen LogP contribution >= 0.6 is 0 Å². The van der Waals surface area contributed by atoms with E-state index in [9.17, 15) is 4.79 Å². The Labute approximate surface area is 181 Å². The summed E-state index contributed by atoms with van der Waals surface area (Å²) in [6.45, 7) is 2.87. The number of likely N-dealkylation sites (N-methyl/N-ethyl adjacent to an activating group) is 1. The molecule has 7 heteroatoms.